The van der Waals surface area contributed by atoms with E-state index in [1.54, 1.807) is 6.07 Å². The largest absolute Gasteiger partial charge is 0.474 e. The van der Waals surface area contributed by atoms with Crippen molar-refractivity contribution >= 4 is 49.3 Å². The molecule has 3 aromatic heterocycles. The highest BCUT2D eigenvalue weighted by atomic mass is 32.7. The Kier molecular flexibility index (Phi) is 7.84. The highest BCUT2D eigenvalue weighted by Crippen LogP contribution is 2.60. The average Bonchev–Trinajstić information content (AvgIpc) is 3.58. The second kappa shape index (κ2) is 11.1. The number of hydrogen-bond donors (Lipinski definition) is 4. The van der Waals surface area contributed by atoms with Gasteiger partial charge in [-0.05, 0) is 6.42 Å². The zero-order valence-corrected chi connectivity index (χ0v) is 24.0. The molecular formula is C20H24N6O10P2S2. The molecule has 1 saturated carbocycles. The van der Waals surface area contributed by atoms with Gasteiger partial charge in [-0.3, -0.25) is 22.9 Å². The fourth-order valence-corrected chi connectivity index (χ4v) is 8.01. The second-order valence-electron chi connectivity index (χ2n) is 9.37. The van der Waals surface area contributed by atoms with Crippen molar-refractivity contribution in [3.05, 3.63) is 41.6 Å². The summed E-state index contributed by atoms with van der Waals surface area (Å²) in [6.07, 6.45) is -0.212. The van der Waals surface area contributed by atoms with Crippen molar-refractivity contribution < 1.29 is 41.8 Å². The molecule has 9 atom stereocenters. The number of hydrogen-bond acceptors (Lipinski definition) is 14. The van der Waals surface area contributed by atoms with Crippen LogP contribution in [0.15, 0.2) is 36.0 Å². The number of aliphatic hydroxyl groups is 1. The topological polar surface area (TPSA) is 199 Å². The number of ether oxygens (including phenoxy) is 2. The van der Waals surface area contributed by atoms with Gasteiger partial charge in [0.2, 0.25) is 5.88 Å². The number of aromatic nitrogens is 6. The molecule has 2 aliphatic heterocycles. The molecule has 3 aliphatic rings. The van der Waals surface area contributed by atoms with Gasteiger partial charge < -0.3 is 24.1 Å². The van der Waals surface area contributed by atoms with E-state index in [4.69, 9.17) is 27.6 Å². The van der Waals surface area contributed by atoms with Gasteiger partial charge in [-0.15, -0.1) is 0 Å². The number of nitrogens with zero attached hydrogens (tertiary/aromatic N) is 5. The first kappa shape index (κ1) is 28.3. The van der Waals surface area contributed by atoms with Gasteiger partial charge in [0.15, 0.2) is 17.4 Å². The monoisotopic (exact) mass is 634 g/mol. The van der Waals surface area contributed by atoms with Crippen LogP contribution in [0.25, 0.3) is 11.2 Å². The Balaban J connectivity index is 1.27. The van der Waals surface area contributed by atoms with Crippen LogP contribution in [0.4, 0.5) is 0 Å². The van der Waals surface area contributed by atoms with Gasteiger partial charge in [-0.1, -0.05) is 24.5 Å². The van der Waals surface area contributed by atoms with Gasteiger partial charge in [0.1, 0.15) is 30.7 Å². The van der Waals surface area contributed by atoms with E-state index >= 15 is 0 Å². The summed E-state index contributed by atoms with van der Waals surface area (Å²) in [5, 5.41) is 11.1. The minimum absolute atomic E-state index is 0.0121. The van der Waals surface area contributed by atoms with Crippen LogP contribution < -0.4 is 10.3 Å². The fraction of sp³-hybridized carbons (Fsp3) is 0.550. The van der Waals surface area contributed by atoms with Gasteiger partial charge in [0.05, 0.1) is 32.0 Å². The van der Waals surface area contributed by atoms with E-state index in [0.717, 1.165) is 0 Å². The number of imidazole rings is 1. The summed E-state index contributed by atoms with van der Waals surface area (Å²) in [5.74, 6) is -0.107. The second-order valence-corrected chi connectivity index (χ2v) is 15.1. The third kappa shape index (κ3) is 5.88. The zero-order valence-electron chi connectivity index (χ0n) is 20.4. The van der Waals surface area contributed by atoms with Crippen LogP contribution in [0.2, 0.25) is 0 Å². The first-order chi connectivity index (χ1) is 19.1. The molecule has 0 aromatic carbocycles. The van der Waals surface area contributed by atoms with Gasteiger partial charge >= 0.3 is 13.6 Å². The van der Waals surface area contributed by atoms with Crippen LogP contribution in [-0.2, 0) is 32.0 Å². The number of aliphatic hydroxyl groups excluding tert-OH is 1. The molecule has 16 nitrogen and oxygen atoms in total. The fourth-order valence-electron chi connectivity index (χ4n) is 4.94. The molecule has 1 aliphatic carbocycles. The lowest BCUT2D eigenvalue weighted by Gasteiger charge is -2.26. The van der Waals surface area contributed by atoms with Crippen molar-refractivity contribution in [3.63, 3.8) is 0 Å². The first-order valence-corrected chi connectivity index (χ1v) is 17.5. The predicted molar refractivity (Wildman–Crippen MR) is 142 cm³/mol. The molecular weight excluding hydrogens is 610 g/mol. The molecule has 2 bridgehead atoms. The van der Waals surface area contributed by atoms with Crippen molar-refractivity contribution in [1.82, 2.24) is 29.5 Å². The molecule has 2 unspecified atom stereocenters. The Morgan fingerprint density at radius 2 is 1.88 bits per heavy atom. The van der Waals surface area contributed by atoms with Crippen molar-refractivity contribution in [2.75, 3.05) is 13.2 Å². The maximum Gasteiger partial charge on any atom is 0.386 e. The Bertz CT molecular complexity index is 1530. The van der Waals surface area contributed by atoms with Crippen LogP contribution in [0.5, 0.6) is 5.88 Å². The predicted octanol–water partition coefficient (Wildman–Crippen LogP) is 1.92. The summed E-state index contributed by atoms with van der Waals surface area (Å²) in [6.45, 7) is -8.71. The summed E-state index contributed by atoms with van der Waals surface area (Å²) in [7, 11) is 0. The SMILES string of the molecule is O=c1[nH]cnc2c1ncn2[C@@H]1O[C@H]2COP(=O)(S)O[C@H]3C[C@H](Oc4ccncn4)C[C@@H]3COP(=O)(S)O[C@@H]1[C@@H]2O. The van der Waals surface area contributed by atoms with Crippen LogP contribution >= 0.6 is 38.1 Å². The van der Waals surface area contributed by atoms with Crippen LogP contribution in [0, 0.1) is 5.92 Å². The summed E-state index contributed by atoms with van der Waals surface area (Å²) < 4.78 is 62.4. The molecule has 216 valence electrons. The molecule has 40 heavy (non-hydrogen) atoms. The number of nitrogens with one attached hydrogen (secondary N) is 1. The normalized spacial score (nSPS) is 38.7. The Morgan fingerprint density at radius 1 is 1.07 bits per heavy atom. The first-order valence-electron chi connectivity index (χ1n) is 12.1. The minimum Gasteiger partial charge on any atom is -0.474 e. The highest BCUT2D eigenvalue weighted by molar-refractivity contribution is 8.44. The van der Waals surface area contributed by atoms with Crippen molar-refractivity contribution in [3.8, 4) is 5.88 Å². The molecule has 5 heterocycles. The van der Waals surface area contributed by atoms with Crippen LogP contribution in [0.3, 0.4) is 0 Å². The summed E-state index contributed by atoms with van der Waals surface area (Å²) in [6, 6.07) is 1.60. The van der Waals surface area contributed by atoms with Crippen molar-refractivity contribution in [1.29, 1.82) is 0 Å². The number of fused-ring (bicyclic) bond motifs is 4. The van der Waals surface area contributed by atoms with Gasteiger partial charge in [0, 0.05) is 24.6 Å². The third-order valence-corrected chi connectivity index (χ3v) is 10.0. The smallest absolute Gasteiger partial charge is 0.386 e. The summed E-state index contributed by atoms with van der Waals surface area (Å²) in [5.41, 5.74) is -0.358. The Morgan fingerprint density at radius 3 is 2.67 bits per heavy atom. The van der Waals surface area contributed by atoms with E-state index in [1.165, 1.54) is 29.7 Å². The number of H-pyrrole nitrogens is 1. The maximum absolute atomic E-state index is 13.4. The van der Waals surface area contributed by atoms with Gasteiger partial charge in [-0.25, -0.2) is 29.1 Å². The van der Waals surface area contributed by atoms with E-state index in [-0.39, 0.29) is 24.2 Å². The molecule has 0 radical (unpaired) electrons. The van der Waals surface area contributed by atoms with Gasteiger partial charge in [0.25, 0.3) is 5.56 Å². The zero-order chi connectivity index (χ0) is 28.1. The van der Waals surface area contributed by atoms with E-state index in [2.05, 4.69) is 49.4 Å². The molecule has 20 heteroatoms. The van der Waals surface area contributed by atoms with Gasteiger partial charge in [-0.2, -0.15) is 0 Å². The van der Waals surface area contributed by atoms with E-state index in [9.17, 15) is 19.0 Å². The van der Waals surface area contributed by atoms with Crippen LogP contribution in [0.1, 0.15) is 19.1 Å². The number of aromatic amines is 1. The van der Waals surface area contributed by atoms with E-state index in [1.807, 2.05) is 0 Å². The summed E-state index contributed by atoms with van der Waals surface area (Å²) >= 11 is 8.25. The van der Waals surface area contributed by atoms with E-state index in [0.29, 0.717) is 12.3 Å². The Labute approximate surface area is 236 Å². The molecule has 2 saturated heterocycles. The Hall–Kier alpha value is -1.85. The quantitative estimate of drug-likeness (QED) is 0.241. The lowest BCUT2D eigenvalue weighted by atomic mass is 10.1. The molecule has 0 spiro atoms. The lowest BCUT2D eigenvalue weighted by Crippen LogP contribution is -2.35. The third-order valence-electron chi connectivity index (χ3n) is 6.76. The number of thiol groups is 2. The average molecular weight is 635 g/mol. The molecule has 3 aromatic rings. The highest BCUT2D eigenvalue weighted by Gasteiger charge is 2.51. The molecule has 2 N–H and O–H groups in total. The van der Waals surface area contributed by atoms with E-state index < -0.39 is 68.4 Å². The maximum atomic E-state index is 13.4. The molecule has 6 rings (SSSR count). The summed E-state index contributed by atoms with van der Waals surface area (Å²) in [4.78, 5) is 30.6. The van der Waals surface area contributed by atoms with Crippen molar-refractivity contribution in [2.24, 2.45) is 5.92 Å². The van der Waals surface area contributed by atoms with Crippen LogP contribution in [-0.4, -0.2) is 78.3 Å². The number of rotatable bonds is 3. The molecule has 0 amide bonds. The lowest BCUT2D eigenvalue weighted by molar-refractivity contribution is -0.0487. The minimum atomic E-state index is -4.13. The van der Waals surface area contributed by atoms with Crippen molar-refractivity contribution in [2.45, 2.75) is 49.6 Å². The molecule has 3 fully saturated rings. The standard InChI is InChI=1S/C20H24N6O10P2S2/c27-16-13-6-32-37(29,39)35-12-4-11(33-14-1-2-21-7-22-14)3-10(12)5-31-38(30,40)36-17(16)20(34-13)26-9-25-15-18(26)23-8-24-19(15)28/h1-2,7-13,16-17,20,27H,3-6H2,(H,29,39)(H,30,40)(H,23,24,28)/t10-,11-,12+,13+,16-,17-,20-,37?,38?/m1/s1.